The minimum absolute atomic E-state index is 0.861. The molecule has 0 aliphatic rings. The SMILES string of the molecule is c1ccc(-c2ccc(N(c3ccc(-c4cc5ccccc5c5ccccc45)cc3)c3cccc4oc5c6ccccc6ccc5c34)c(-c3ccccc3)c2)cc1. The molecule has 0 fully saturated rings. The molecule has 2 heteroatoms. The Bertz CT molecular complexity index is 3230. The Kier molecular flexibility index (Phi) is 7.53. The highest BCUT2D eigenvalue weighted by Gasteiger charge is 2.23. The van der Waals surface area contributed by atoms with Crippen LogP contribution in [-0.2, 0) is 0 Å². The molecule has 1 aromatic heterocycles. The molecule has 1 heterocycles. The van der Waals surface area contributed by atoms with Gasteiger partial charge in [-0.1, -0.05) is 164 Å². The summed E-state index contributed by atoms with van der Waals surface area (Å²) in [6.07, 6.45) is 0. The molecule has 11 aromatic rings. The van der Waals surface area contributed by atoms with E-state index in [1.165, 1.54) is 43.8 Å². The van der Waals surface area contributed by atoms with Gasteiger partial charge in [-0.25, -0.2) is 0 Å². The second-order valence-electron chi connectivity index (χ2n) is 14.5. The van der Waals surface area contributed by atoms with E-state index in [1.54, 1.807) is 0 Å². The summed E-state index contributed by atoms with van der Waals surface area (Å²) in [7, 11) is 0. The molecule has 262 valence electrons. The van der Waals surface area contributed by atoms with E-state index in [2.05, 4.69) is 217 Å². The number of fused-ring (bicyclic) bond motifs is 8. The fraction of sp³-hybridized carbons (Fsp3) is 0. The molecule has 0 N–H and O–H groups in total. The van der Waals surface area contributed by atoms with Gasteiger partial charge in [0.15, 0.2) is 0 Å². The molecule has 0 spiro atoms. The Hall–Kier alpha value is -7.42. The van der Waals surface area contributed by atoms with Gasteiger partial charge in [0.1, 0.15) is 11.2 Å². The topological polar surface area (TPSA) is 16.4 Å². The van der Waals surface area contributed by atoms with Crippen molar-refractivity contribution in [2.75, 3.05) is 4.90 Å². The Morgan fingerprint density at radius 1 is 0.321 bits per heavy atom. The molecule has 10 aromatic carbocycles. The number of anilines is 3. The molecule has 0 radical (unpaired) electrons. The number of hydrogen-bond acceptors (Lipinski definition) is 2. The van der Waals surface area contributed by atoms with Crippen molar-refractivity contribution in [1.29, 1.82) is 0 Å². The maximum atomic E-state index is 6.75. The summed E-state index contributed by atoms with van der Waals surface area (Å²) in [5.41, 5.74) is 12.0. The Morgan fingerprint density at radius 2 is 0.946 bits per heavy atom. The number of furan rings is 1. The first-order valence-corrected chi connectivity index (χ1v) is 19.2. The highest BCUT2D eigenvalue weighted by Crippen LogP contribution is 2.48. The summed E-state index contributed by atoms with van der Waals surface area (Å²) in [5.74, 6) is 0. The highest BCUT2D eigenvalue weighted by molar-refractivity contribution is 6.20. The van der Waals surface area contributed by atoms with E-state index in [1.807, 2.05) is 0 Å². The van der Waals surface area contributed by atoms with Crippen LogP contribution in [0, 0.1) is 0 Å². The molecule has 0 unspecified atom stereocenters. The summed E-state index contributed by atoms with van der Waals surface area (Å²) < 4.78 is 6.75. The van der Waals surface area contributed by atoms with Crippen LogP contribution in [0.25, 0.3) is 87.6 Å². The lowest BCUT2D eigenvalue weighted by Crippen LogP contribution is -2.11. The average molecular weight is 714 g/mol. The lowest BCUT2D eigenvalue weighted by molar-refractivity contribution is 0.672. The van der Waals surface area contributed by atoms with Gasteiger partial charge in [-0.05, 0) is 103 Å². The monoisotopic (exact) mass is 713 g/mol. The second kappa shape index (κ2) is 13.2. The molecule has 2 nitrogen and oxygen atoms in total. The fourth-order valence-corrected chi connectivity index (χ4v) is 8.60. The zero-order valence-corrected chi connectivity index (χ0v) is 30.6. The van der Waals surface area contributed by atoms with Gasteiger partial charge in [-0.15, -0.1) is 0 Å². The number of rotatable bonds is 6. The fourth-order valence-electron chi connectivity index (χ4n) is 8.60. The Morgan fingerprint density at radius 3 is 1.73 bits per heavy atom. The maximum Gasteiger partial charge on any atom is 0.143 e. The van der Waals surface area contributed by atoms with Crippen LogP contribution >= 0.6 is 0 Å². The first-order chi connectivity index (χ1) is 27.8. The van der Waals surface area contributed by atoms with Crippen LogP contribution in [0.1, 0.15) is 0 Å². The molecule has 0 amide bonds. The highest BCUT2D eigenvalue weighted by atomic mass is 16.3. The lowest BCUT2D eigenvalue weighted by atomic mass is 9.93. The third kappa shape index (κ3) is 5.26. The van der Waals surface area contributed by atoms with E-state index in [-0.39, 0.29) is 0 Å². The minimum atomic E-state index is 0.861. The average Bonchev–Trinajstić information content (AvgIpc) is 3.67. The molecular weight excluding hydrogens is 679 g/mol. The smallest absolute Gasteiger partial charge is 0.143 e. The minimum Gasteiger partial charge on any atom is -0.455 e. The Labute approximate surface area is 325 Å². The normalized spacial score (nSPS) is 11.6. The van der Waals surface area contributed by atoms with Gasteiger partial charge in [-0.2, -0.15) is 0 Å². The van der Waals surface area contributed by atoms with E-state index in [4.69, 9.17) is 4.42 Å². The van der Waals surface area contributed by atoms with Crippen LogP contribution in [0.4, 0.5) is 17.1 Å². The second-order valence-corrected chi connectivity index (χ2v) is 14.5. The standard InChI is InChI=1S/C54H35NO/c1-3-14-36(15-4-1)40-29-33-50(49(34-40)37-16-5-2-6-17-37)55(51-24-13-25-52-53(51)47-32-28-38-18-7-10-21-44(38)54(47)56-52)42-30-26-39(27-31-42)48-35-41-19-8-9-20-43(41)45-22-11-12-23-46(45)48/h1-35H. The molecule has 0 bridgehead atoms. The van der Waals surface area contributed by atoms with Gasteiger partial charge in [-0.3, -0.25) is 0 Å². The number of hydrogen-bond donors (Lipinski definition) is 0. The summed E-state index contributed by atoms with van der Waals surface area (Å²) in [4.78, 5) is 2.42. The van der Waals surface area contributed by atoms with Crippen molar-refractivity contribution in [1.82, 2.24) is 0 Å². The predicted molar refractivity (Wildman–Crippen MR) is 237 cm³/mol. The van der Waals surface area contributed by atoms with Crippen molar-refractivity contribution < 1.29 is 4.42 Å². The molecule has 11 rings (SSSR count). The van der Waals surface area contributed by atoms with E-state index in [0.29, 0.717) is 0 Å². The third-order valence-electron chi connectivity index (χ3n) is 11.2. The summed E-state index contributed by atoms with van der Waals surface area (Å²) >= 11 is 0. The summed E-state index contributed by atoms with van der Waals surface area (Å²) in [6.45, 7) is 0. The number of nitrogens with zero attached hydrogens (tertiary/aromatic N) is 1. The van der Waals surface area contributed by atoms with Crippen molar-refractivity contribution in [2.24, 2.45) is 0 Å². The zero-order valence-electron chi connectivity index (χ0n) is 30.6. The van der Waals surface area contributed by atoms with Crippen LogP contribution in [0.5, 0.6) is 0 Å². The largest absolute Gasteiger partial charge is 0.455 e. The lowest BCUT2D eigenvalue weighted by Gasteiger charge is -2.29. The third-order valence-corrected chi connectivity index (χ3v) is 11.2. The van der Waals surface area contributed by atoms with Gasteiger partial charge in [0, 0.05) is 22.0 Å². The van der Waals surface area contributed by atoms with Crippen molar-refractivity contribution in [3.8, 4) is 33.4 Å². The van der Waals surface area contributed by atoms with Gasteiger partial charge < -0.3 is 9.32 Å². The molecule has 0 saturated heterocycles. The van der Waals surface area contributed by atoms with Crippen LogP contribution in [-0.4, -0.2) is 0 Å². The zero-order chi connectivity index (χ0) is 37.0. The molecular formula is C54H35NO. The van der Waals surface area contributed by atoms with E-state index < -0.39 is 0 Å². The van der Waals surface area contributed by atoms with Gasteiger partial charge in [0.05, 0.1) is 16.8 Å². The predicted octanol–water partition coefficient (Wildman–Crippen LogP) is 15.5. The van der Waals surface area contributed by atoms with Crippen LogP contribution < -0.4 is 4.90 Å². The first kappa shape index (κ1) is 32.0. The first-order valence-electron chi connectivity index (χ1n) is 19.2. The van der Waals surface area contributed by atoms with E-state index >= 15 is 0 Å². The molecule has 0 atom stereocenters. The van der Waals surface area contributed by atoms with Crippen LogP contribution in [0.15, 0.2) is 217 Å². The van der Waals surface area contributed by atoms with Gasteiger partial charge in [0.2, 0.25) is 0 Å². The number of benzene rings is 10. The molecule has 56 heavy (non-hydrogen) atoms. The van der Waals surface area contributed by atoms with Gasteiger partial charge >= 0.3 is 0 Å². The Balaban J connectivity index is 1.17. The van der Waals surface area contributed by atoms with Gasteiger partial charge in [0.25, 0.3) is 0 Å². The molecule has 0 saturated carbocycles. The van der Waals surface area contributed by atoms with E-state index in [0.717, 1.165) is 60.9 Å². The quantitative estimate of drug-likeness (QED) is 0.160. The maximum absolute atomic E-state index is 6.75. The van der Waals surface area contributed by atoms with E-state index in [9.17, 15) is 0 Å². The van der Waals surface area contributed by atoms with Crippen molar-refractivity contribution >= 4 is 71.3 Å². The van der Waals surface area contributed by atoms with Crippen LogP contribution in [0.3, 0.4) is 0 Å². The molecule has 0 aliphatic carbocycles. The van der Waals surface area contributed by atoms with Crippen molar-refractivity contribution in [3.63, 3.8) is 0 Å². The summed E-state index contributed by atoms with van der Waals surface area (Å²) in [6, 6.07) is 76.5. The van der Waals surface area contributed by atoms with Crippen molar-refractivity contribution in [2.45, 2.75) is 0 Å². The molecule has 0 aliphatic heterocycles. The van der Waals surface area contributed by atoms with Crippen molar-refractivity contribution in [3.05, 3.63) is 212 Å². The summed E-state index contributed by atoms with van der Waals surface area (Å²) in [5, 5.41) is 9.49. The van der Waals surface area contributed by atoms with Crippen LogP contribution in [0.2, 0.25) is 0 Å².